The Morgan fingerprint density at radius 2 is 2.14 bits per heavy atom. The molecule has 2 aromatic rings. The van der Waals surface area contributed by atoms with Gasteiger partial charge < -0.3 is 18.8 Å². The molecule has 2 heterocycles. The lowest BCUT2D eigenvalue weighted by Crippen LogP contribution is -2.23. The summed E-state index contributed by atoms with van der Waals surface area (Å²) in [4.78, 5) is 2.23. The SMILES string of the molecule is CCOc1cc(CN(C)Cc2nnc(SC)n2C[C@@H]2CCCO2)ccc1OC. The van der Waals surface area contributed by atoms with Crippen LogP contribution in [0.25, 0.3) is 0 Å². The van der Waals surface area contributed by atoms with Crippen molar-refractivity contribution in [3.63, 3.8) is 0 Å². The highest BCUT2D eigenvalue weighted by Gasteiger charge is 2.21. The first-order valence-corrected chi connectivity index (χ1v) is 10.9. The van der Waals surface area contributed by atoms with Gasteiger partial charge in [0, 0.05) is 13.2 Å². The number of hydrogen-bond donors (Lipinski definition) is 0. The summed E-state index contributed by atoms with van der Waals surface area (Å²) in [6.07, 6.45) is 4.54. The van der Waals surface area contributed by atoms with E-state index in [2.05, 4.69) is 32.8 Å². The van der Waals surface area contributed by atoms with Crippen LogP contribution in [0.15, 0.2) is 23.4 Å². The summed E-state index contributed by atoms with van der Waals surface area (Å²) < 4.78 is 19.1. The van der Waals surface area contributed by atoms with Gasteiger partial charge in [0.2, 0.25) is 0 Å². The van der Waals surface area contributed by atoms with Crippen molar-refractivity contribution in [2.45, 2.75) is 50.7 Å². The zero-order valence-electron chi connectivity index (χ0n) is 17.2. The van der Waals surface area contributed by atoms with Gasteiger partial charge in [-0.3, -0.25) is 4.90 Å². The maximum absolute atomic E-state index is 5.81. The van der Waals surface area contributed by atoms with Crippen molar-refractivity contribution in [2.75, 3.05) is 33.6 Å². The van der Waals surface area contributed by atoms with Crippen LogP contribution >= 0.6 is 11.8 Å². The lowest BCUT2D eigenvalue weighted by Gasteiger charge is -2.19. The molecular weight excluding hydrogens is 376 g/mol. The molecular formula is C20H30N4O3S. The molecule has 1 aromatic carbocycles. The molecule has 0 amide bonds. The number of aromatic nitrogens is 3. The molecule has 8 heteroatoms. The van der Waals surface area contributed by atoms with Crippen molar-refractivity contribution in [3.8, 4) is 11.5 Å². The fourth-order valence-electron chi connectivity index (χ4n) is 3.46. The predicted molar refractivity (Wildman–Crippen MR) is 110 cm³/mol. The first-order chi connectivity index (χ1) is 13.6. The van der Waals surface area contributed by atoms with Gasteiger partial charge in [0.25, 0.3) is 0 Å². The Balaban J connectivity index is 1.68. The van der Waals surface area contributed by atoms with Crippen molar-refractivity contribution in [1.29, 1.82) is 0 Å². The number of nitrogens with zero attached hydrogens (tertiary/aromatic N) is 4. The maximum atomic E-state index is 5.81. The molecule has 1 aliphatic heterocycles. The minimum atomic E-state index is 0.265. The minimum Gasteiger partial charge on any atom is -0.493 e. The number of hydrogen-bond acceptors (Lipinski definition) is 7. The second-order valence-corrected chi connectivity index (χ2v) is 7.71. The zero-order valence-corrected chi connectivity index (χ0v) is 18.0. The minimum absolute atomic E-state index is 0.265. The Morgan fingerprint density at radius 3 is 2.82 bits per heavy atom. The Morgan fingerprint density at radius 1 is 1.29 bits per heavy atom. The van der Waals surface area contributed by atoms with Gasteiger partial charge >= 0.3 is 0 Å². The molecule has 1 atom stereocenters. The molecule has 1 saturated heterocycles. The normalized spacial score (nSPS) is 16.7. The van der Waals surface area contributed by atoms with Gasteiger partial charge in [0.05, 0.1) is 32.9 Å². The van der Waals surface area contributed by atoms with Crippen molar-refractivity contribution in [3.05, 3.63) is 29.6 Å². The second kappa shape index (κ2) is 10.1. The van der Waals surface area contributed by atoms with Crippen LogP contribution in [-0.2, 0) is 24.4 Å². The monoisotopic (exact) mass is 406 g/mol. The summed E-state index contributed by atoms with van der Waals surface area (Å²) in [5, 5.41) is 9.74. The van der Waals surface area contributed by atoms with Crippen LogP contribution < -0.4 is 9.47 Å². The lowest BCUT2D eigenvalue weighted by atomic mass is 10.2. The maximum Gasteiger partial charge on any atom is 0.191 e. The number of methoxy groups -OCH3 is 1. The summed E-state index contributed by atoms with van der Waals surface area (Å²) >= 11 is 1.63. The first kappa shape index (κ1) is 21.0. The fourth-order valence-corrected chi connectivity index (χ4v) is 3.98. The van der Waals surface area contributed by atoms with E-state index >= 15 is 0 Å². The molecule has 28 heavy (non-hydrogen) atoms. The number of benzene rings is 1. The van der Waals surface area contributed by atoms with Gasteiger partial charge in [-0.1, -0.05) is 17.8 Å². The van der Waals surface area contributed by atoms with E-state index in [0.29, 0.717) is 6.61 Å². The molecule has 3 rings (SSSR count). The van der Waals surface area contributed by atoms with E-state index in [1.165, 1.54) is 5.56 Å². The largest absolute Gasteiger partial charge is 0.493 e. The Labute approximate surface area is 171 Å². The summed E-state index contributed by atoms with van der Waals surface area (Å²) in [6, 6.07) is 6.07. The van der Waals surface area contributed by atoms with Gasteiger partial charge in [0.15, 0.2) is 16.7 Å². The molecule has 154 valence electrons. The van der Waals surface area contributed by atoms with E-state index in [4.69, 9.17) is 14.2 Å². The van der Waals surface area contributed by atoms with Gasteiger partial charge in [-0.25, -0.2) is 0 Å². The molecule has 0 bridgehead atoms. The zero-order chi connectivity index (χ0) is 19.9. The molecule has 0 unspecified atom stereocenters. The molecule has 1 aromatic heterocycles. The van der Waals surface area contributed by atoms with Gasteiger partial charge in [0.1, 0.15) is 5.82 Å². The summed E-state index contributed by atoms with van der Waals surface area (Å²) in [5.41, 5.74) is 1.17. The van der Waals surface area contributed by atoms with E-state index in [1.54, 1.807) is 18.9 Å². The predicted octanol–water partition coefficient (Wildman–Crippen LogP) is 3.22. The Bertz CT molecular complexity index is 762. The Hall–Kier alpha value is -1.77. The van der Waals surface area contributed by atoms with Gasteiger partial charge in [-0.15, -0.1) is 10.2 Å². The highest BCUT2D eigenvalue weighted by atomic mass is 32.2. The van der Waals surface area contributed by atoms with Crippen molar-refractivity contribution in [2.24, 2.45) is 0 Å². The molecule has 1 fully saturated rings. The quantitative estimate of drug-likeness (QED) is 0.562. The van der Waals surface area contributed by atoms with E-state index in [0.717, 1.165) is 61.6 Å². The number of rotatable bonds is 10. The average Bonchev–Trinajstić information content (AvgIpc) is 3.33. The number of ether oxygens (including phenoxy) is 3. The third-order valence-corrected chi connectivity index (χ3v) is 5.45. The topological polar surface area (TPSA) is 61.6 Å². The third kappa shape index (κ3) is 5.18. The summed E-state index contributed by atoms with van der Waals surface area (Å²) in [5.74, 6) is 2.51. The molecule has 0 saturated carbocycles. The van der Waals surface area contributed by atoms with Crippen LogP contribution in [0.5, 0.6) is 11.5 Å². The molecule has 0 spiro atoms. The summed E-state index contributed by atoms with van der Waals surface area (Å²) in [7, 11) is 3.75. The third-order valence-electron chi connectivity index (χ3n) is 4.78. The van der Waals surface area contributed by atoms with Crippen LogP contribution in [0.1, 0.15) is 31.2 Å². The highest BCUT2D eigenvalue weighted by molar-refractivity contribution is 7.98. The Kier molecular flexibility index (Phi) is 7.58. The molecule has 0 radical (unpaired) electrons. The number of thioether (sulfide) groups is 1. The van der Waals surface area contributed by atoms with Crippen LogP contribution in [-0.4, -0.2) is 59.4 Å². The van der Waals surface area contributed by atoms with Crippen LogP contribution in [0, 0.1) is 0 Å². The molecule has 0 aliphatic carbocycles. The molecule has 7 nitrogen and oxygen atoms in total. The molecule has 0 N–H and O–H groups in total. The fraction of sp³-hybridized carbons (Fsp3) is 0.600. The van der Waals surface area contributed by atoms with Gasteiger partial charge in [-0.05, 0) is 50.8 Å². The van der Waals surface area contributed by atoms with Crippen molar-refractivity contribution in [1.82, 2.24) is 19.7 Å². The van der Waals surface area contributed by atoms with E-state index in [9.17, 15) is 0 Å². The average molecular weight is 407 g/mol. The van der Waals surface area contributed by atoms with Crippen molar-refractivity contribution >= 4 is 11.8 Å². The van der Waals surface area contributed by atoms with Crippen LogP contribution in [0.3, 0.4) is 0 Å². The van der Waals surface area contributed by atoms with Crippen LogP contribution in [0.2, 0.25) is 0 Å². The molecule has 1 aliphatic rings. The van der Waals surface area contributed by atoms with Crippen LogP contribution in [0.4, 0.5) is 0 Å². The summed E-state index contributed by atoms with van der Waals surface area (Å²) in [6.45, 7) is 5.77. The van der Waals surface area contributed by atoms with E-state index in [1.807, 2.05) is 25.3 Å². The van der Waals surface area contributed by atoms with Crippen molar-refractivity contribution < 1.29 is 14.2 Å². The standard InChI is InChI=1S/C20H30N4O3S/c1-5-26-18-11-15(8-9-17(18)25-3)12-23(2)14-19-21-22-20(28-4)24(19)13-16-7-6-10-27-16/h8-9,11,16H,5-7,10,12-14H2,1-4H3/t16-/m0/s1. The lowest BCUT2D eigenvalue weighted by molar-refractivity contribution is 0.0934. The first-order valence-electron chi connectivity index (χ1n) is 9.70. The highest BCUT2D eigenvalue weighted by Crippen LogP contribution is 2.28. The van der Waals surface area contributed by atoms with E-state index in [-0.39, 0.29) is 6.10 Å². The smallest absolute Gasteiger partial charge is 0.191 e. The van der Waals surface area contributed by atoms with E-state index < -0.39 is 0 Å². The second-order valence-electron chi connectivity index (χ2n) is 6.94. The van der Waals surface area contributed by atoms with Gasteiger partial charge in [-0.2, -0.15) is 0 Å².